The number of amides is 4. The first-order chi connectivity index (χ1) is 12.0. The summed E-state index contributed by atoms with van der Waals surface area (Å²) in [6.07, 6.45) is 4.43. The molecule has 1 aliphatic rings. The molecule has 1 aromatic heterocycles. The lowest BCUT2D eigenvalue weighted by molar-refractivity contribution is -0.128. The van der Waals surface area contributed by atoms with Crippen molar-refractivity contribution in [3.8, 4) is 0 Å². The largest absolute Gasteiger partial charge is 0.467 e. The third-order valence-corrected chi connectivity index (χ3v) is 4.56. The van der Waals surface area contributed by atoms with Gasteiger partial charge in [-0.25, -0.2) is 4.79 Å². The van der Waals surface area contributed by atoms with Crippen LogP contribution in [0, 0.1) is 0 Å². The normalized spacial score (nSPS) is 18.3. The molecule has 0 radical (unpaired) electrons. The number of carbonyl (C=O) groups is 3. The fourth-order valence-electron chi connectivity index (χ4n) is 2.53. The molecule has 1 saturated heterocycles. The van der Waals surface area contributed by atoms with Crippen molar-refractivity contribution >= 4 is 29.6 Å². The third kappa shape index (κ3) is 5.50. The van der Waals surface area contributed by atoms with E-state index in [1.807, 2.05) is 6.26 Å². The highest BCUT2D eigenvalue weighted by Gasteiger charge is 2.38. The number of nitrogens with zero attached hydrogens (tertiary/aromatic N) is 1. The summed E-state index contributed by atoms with van der Waals surface area (Å²) in [6, 6.07) is 1.88. The van der Waals surface area contributed by atoms with Gasteiger partial charge in [-0.3, -0.25) is 14.5 Å². The summed E-state index contributed by atoms with van der Waals surface area (Å²) < 4.78 is 5.15. The Hall–Kier alpha value is -2.00. The van der Waals surface area contributed by atoms with E-state index in [1.165, 1.54) is 6.26 Å². The minimum atomic E-state index is -0.716. The molecule has 1 fully saturated rings. The zero-order valence-corrected chi connectivity index (χ0v) is 14.9. The van der Waals surface area contributed by atoms with Crippen molar-refractivity contribution in [2.75, 3.05) is 18.6 Å². The quantitative estimate of drug-likeness (QED) is 0.524. The molecule has 25 heavy (non-hydrogen) atoms. The molecule has 0 aliphatic carbocycles. The molecule has 138 valence electrons. The summed E-state index contributed by atoms with van der Waals surface area (Å²) in [5.41, 5.74) is 0. The van der Waals surface area contributed by atoms with Gasteiger partial charge in [-0.05, 0) is 37.0 Å². The van der Waals surface area contributed by atoms with E-state index in [9.17, 15) is 19.5 Å². The van der Waals surface area contributed by atoms with E-state index < -0.39 is 12.1 Å². The molecule has 2 rings (SSSR count). The van der Waals surface area contributed by atoms with Gasteiger partial charge in [-0.15, -0.1) is 0 Å². The number of imide groups is 1. The molecule has 0 spiro atoms. The second-order valence-electron chi connectivity index (χ2n) is 5.77. The van der Waals surface area contributed by atoms with Gasteiger partial charge in [0.1, 0.15) is 11.8 Å². The number of hydrogen-bond acceptors (Lipinski definition) is 6. The van der Waals surface area contributed by atoms with Gasteiger partial charge < -0.3 is 20.2 Å². The van der Waals surface area contributed by atoms with Crippen LogP contribution >= 0.6 is 11.8 Å². The van der Waals surface area contributed by atoms with Crippen LogP contribution in [0.15, 0.2) is 22.8 Å². The summed E-state index contributed by atoms with van der Waals surface area (Å²) >= 11 is 1.64. The maximum absolute atomic E-state index is 12.3. The minimum Gasteiger partial charge on any atom is -0.467 e. The second-order valence-corrected chi connectivity index (χ2v) is 6.76. The molecule has 2 unspecified atom stereocenters. The Morgan fingerprint density at radius 1 is 1.52 bits per heavy atom. The van der Waals surface area contributed by atoms with E-state index in [1.54, 1.807) is 23.9 Å². The molecule has 1 aliphatic heterocycles. The summed E-state index contributed by atoms with van der Waals surface area (Å²) in [5.74, 6) is 0.744. The van der Waals surface area contributed by atoms with Gasteiger partial charge in [-0.2, -0.15) is 11.8 Å². The molecular weight excluding hydrogens is 346 g/mol. The van der Waals surface area contributed by atoms with E-state index in [0.717, 1.165) is 10.7 Å². The Kier molecular flexibility index (Phi) is 7.32. The number of hydrogen-bond donors (Lipinski definition) is 3. The van der Waals surface area contributed by atoms with Crippen LogP contribution in [0.4, 0.5) is 4.79 Å². The predicted molar refractivity (Wildman–Crippen MR) is 92.8 cm³/mol. The van der Waals surface area contributed by atoms with Gasteiger partial charge in [0.15, 0.2) is 0 Å². The Balaban J connectivity index is 1.79. The van der Waals surface area contributed by atoms with E-state index >= 15 is 0 Å². The van der Waals surface area contributed by atoms with Crippen LogP contribution in [0.25, 0.3) is 0 Å². The highest BCUT2D eigenvalue weighted by molar-refractivity contribution is 7.98. The number of thioether (sulfide) groups is 1. The van der Waals surface area contributed by atoms with Crippen molar-refractivity contribution in [2.45, 2.75) is 37.9 Å². The zero-order chi connectivity index (χ0) is 18.2. The van der Waals surface area contributed by atoms with Crippen molar-refractivity contribution < 1.29 is 23.9 Å². The Bertz CT molecular complexity index is 593. The molecule has 3 N–H and O–H groups in total. The van der Waals surface area contributed by atoms with Gasteiger partial charge in [-0.1, -0.05) is 0 Å². The van der Waals surface area contributed by atoms with E-state index in [-0.39, 0.29) is 43.8 Å². The van der Waals surface area contributed by atoms with Crippen molar-refractivity contribution in [2.24, 2.45) is 0 Å². The fourth-order valence-corrected chi connectivity index (χ4v) is 3.05. The number of carbonyl (C=O) groups excluding carboxylic acids is 3. The molecule has 4 amide bonds. The van der Waals surface area contributed by atoms with Crippen LogP contribution in [0.5, 0.6) is 0 Å². The number of urea groups is 1. The Labute approximate surface area is 150 Å². The molecule has 0 bridgehead atoms. The molecule has 1 aromatic rings. The number of aliphatic hydroxyl groups is 1. The summed E-state index contributed by atoms with van der Waals surface area (Å²) in [5, 5.41) is 14.6. The summed E-state index contributed by atoms with van der Waals surface area (Å²) in [7, 11) is 0. The SMILES string of the molecule is CSCCC(CO)NC(=O)CCC1NC(=O)N(Cc2ccco2)C1=O. The van der Waals surface area contributed by atoms with Crippen LogP contribution < -0.4 is 10.6 Å². The first-order valence-corrected chi connectivity index (χ1v) is 9.48. The monoisotopic (exact) mass is 369 g/mol. The lowest BCUT2D eigenvalue weighted by Gasteiger charge is -2.16. The van der Waals surface area contributed by atoms with E-state index in [2.05, 4.69) is 10.6 Å². The average molecular weight is 369 g/mol. The van der Waals surface area contributed by atoms with Gasteiger partial charge in [0.2, 0.25) is 5.91 Å². The second kappa shape index (κ2) is 9.47. The summed E-state index contributed by atoms with van der Waals surface area (Å²) in [4.78, 5) is 37.3. The van der Waals surface area contributed by atoms with Crippen LogP contribution in [-0.2, 0) is 16.1 Å². The smallest absolute Gasteiger partial charge is 0.325 e. The topological polar surface area (TPSA) is 112 Å². The Morgan fingerprint density at radius 2 is 2.32 bits per heavy atom. The van der Waals surface area contributed by atoms with Gasteiger partial charge in [0, 0.05) is 6.42 Å². The fraction of sp³-hybridized carbons (Fsp3) is 0.562. The van der Waals surface area contributed by atoms with Crippen molar-refractivity contribution in [1.29, 1.82) is 0 Å². The predicted octanol–water partition coefficient (Wildman–Crippen LogP) is 0.710. The first-order valence-electron chi connectivity index (χ1n) is 8.08. The number of rotatable bonds is 10. The van der Waals surface area contributed by atoms with Crippen LogP contribution in [-0.4, -0.2) is 58.6 Å². The van der Waals surface area contributed by atoms with Crippen molar-refractivity contribution in [3.05, 3.63) is 24.2 Å². The molecular formula is C16H23N3O5S. The third-order valence-electron chi connectivity index (χ3n) is 3.92. The molecule has 2 atom stereocenters. The lowest BCUT2D eigenvalue weighted by atomic mass is 10.1. The maximum atomic E-state index is 12.3. The van der Waals surface area contributed by atoms with Gasteiger partial charge in [0.05, 0.1) is 25.5 Å². The maximum Gasteiger partial charge on any atom is 0.325 e. The highest BCUT2D eigenvalue weighted by Crippen LogP contribution is 2.15. The molecule has 9 heteroatoms. The lowest BCUT2D eigenvalue weighted by Crippen LogP contribution is -2.39. The van der Waals surface area contributed by atoms with Crippen LogP contribution in [0.3, 0.4) is 0 Å². The number of aliphatic hydroxyl groups excluding tert-OH is 1. The number of furan rings is 1. The summed E-state index contributed by atoms with van der Waals surface area (Å²) in [6.45, 7) is -0.0516. The number of nitrogens with one attached hydrogen (secondary N) is 2. The highest BCUT2D eigenvalue weighted by atomic mass is 32.2. The molecule has 8 nitrogen and oxygen atoms in total. The molecule has 2 heterocycles. The molecule has 0 saturated carbocycles. The van der Waals surface area contributed by atoms with E-state index in [0.29, 0.717) is 12.2 Å². The standard InChI is InChI=1S/C16H23N3O5S/c1-25-8-6-11(10-20)17-14(21)5-4-13-15(22)19(16(23)18-13)9-12-3-2-7-24-12/h2-3,7,11,13,20H,4-6,8-10H2,1H3,(H,17,21)(H,18,23). The van der Waals surface area contributed by atoms with Gasteiger partial charge in [0.25, 0.3) is 5.91 Å². The van der Waals surface area contributed by atoms with Crippen molar-refractivity contribution in [3.63, 3.8) is 0 Å². The average Bonchev–Trinajstić information content (AvgIpc) is 3.20. The zero-order valence-electron chi connectivity index (χ0n) is 14.1. The molecule has 0 aromatic carbocycles. The minimum absolute atomic E-state index is 0.0711. The van der Waals surface area contributed by atoms with Crippen LogP contribution in [0.1, 0.15) is 25.0 Å². The van der Waals surface area contributed by atoms with Gasteiger partial charge >= 0.3 is 6.03 Å². The van der Waals surface area contributed by atoms with Crippen molar-refractivity contribution in [1.82, 2.24) is 15.5 Å². The Morgan fingerprint density at radius 3 is 2.96 bits per heavy atom. The first kappa shape index (κ1) is 19.3. The van der Waals surface area contributed by atoms with E-state index in [4.69, 9.17) is 4.42 Å². The van der Waals surface area contributed by atoms with Crippen LogP contribution in [0.2, 0.25) is 0 Å².